The number of nitrogens with zero attached hydrogens (tertiary/aromatic N) is 2. The molecule has 17 heavy (non-hydrogen) atoms. The Morgan fingerprint density at radius 3 is 2.71 bits per heavy atom. The molecule has 0 radical (unpaired) electrons. The van der Waals surface area contributed by atoms with Crippen molar-refractivity contribution in [2.24, 2.45) is 0 Å². The van der Waals surface area contributed by atoms with E-state index in [0.29, 0.717) is 10.2 Å². The van der Waals surface area contributed by atoms with Crippen LogP contribution in [0.1, 0.15) is 26.0 Å². The predicted molar refractivity (Wildman–Crippen MR) is 60.5 cm³/mol. The number of ether oxygens (including phenoxy) is 1. The molecule has 3 nitrogen and oxygen atoms in total. The highest BCUT2D eigenvalue weighted by Crippen LogP contribution is 2.21. The predicted octanol–water partition coefficient (Wildman–Crippen LogP) is 3.52. The summed E-state index contributed by atoms with van der Waals surface area (Å²) in [5.41, 5.74) is 0.481. The summed E-state index contributed by atoms with van der Waals surface area (Å²) in [6.07, 6.45) is -2.04. The summed E-state index contributed by atoms with van der Waals surface area (Å²) in [5.74, 6) is 0. The topological polar surface area (TPSA) is 27.1 Å². The van der Waals surface area contributed by atoms with E-state index in [1.807, 2.05) is 13.8 Å². The van der Waals surface area contributed by atoms with Crippen LogP contribution in [0.15, 0.2) is 10.7 Å². The van der Waals surface area contributed by atoms with Gasteiger partial charge in [0.1, 0.15) is 12.2 Å². The van der Waals surface area contributed by atoms with Crippen molar-refractivity contribution in [2.45, 2.75) is 45.7 Å². The Labute approximate surface area is 106 Å². The fourth-order valence-electron chi connectivity index (χ4n) is 1.14. The minimum Gasteiger partial charge on any atom is -0.372 e. The number of hydrogen-bond donors (Lipinski definition) is 0. The van der Waals surface area contributed by atoms with E-state index in [1.165, 1.54) is 6.20 Å². The van der Waals surface area contributed by atoms with E-state index < -0.39 is 12.7 Å². The average Bonchev–Trinajstić information content (AvgIpc) is 2.52. The van der Waals surface area contributed by atoms with Crippen LogP contribution in [-0.2, 0) is 17.9 Å². The van der Waals surface area contributed by atoms with Crippen molar-refractivity contribution in [2.75, 3.05) is 0 Å². The van der Waals surface area contributed by atoms with Gasteiger partial charge in [-0.2, -0.15) is 18.3 Å². The van der Waals surface area contributed by atoms with Crippen LogP contribution in [0.3, 0.4) is 0 Å². The van der Waals surface area contributed by atoms with Gasteiger partial charge in [-0.05, 0) is 29.3 Å². The van der Waals surface area contributed by atoms with Crippen LogP contribution in [0.4, 0.5) is 13.2 Å². The number of rotatable bonds is 5. The minimum atomic E-state index is -4.26. The SMILES string of the molecule is CCC(C)OCc1nn(CC(F)(F)F)cc1Br. The molecule has 0 saturated heterocycles. The summed E-state index contributed by atoms with van der Waals surface area (Å²) in [4.78, 5) is 0. The fourth-order valence-corrected chi connectivity index (χ4v) is 1.57. The van der Waals surface area contributed by atoms with Crippen molar-refractivity contribution in [3.05, 3.63) is 16.4 Å². The number of hydrogen-bond acceptors (Lipinski definition) is 2. The summed E-state index contributed by atoms with van der Waals surface area (Å²) >= 11 is 3.17. The van der Waals surface area contributed by atoms with E-state index in [4.69, 9.17) is 4.74 Å². The fraction of sp³-hybridized carbons (Fsp3) is 0.700. The first-order chi connectivity index (χ1) is 7.81. The van der Waals surface area contributed by atoms with Crippen molar-refractivity contribution in [1.82, 2.24) is 9.78 Å². The standard InChI is InChI=1S/C10H14BrF3N2O/c1-3-7(2)17-5-9-8(11)4-16(15-9)6-10(12,13)14/h4,7H,3,5-6H2,1-2H3. The molecule has 0 bridgehead atoms. The highest BCUT2D eigenvalue weighted by atomic mass is 79.9. The Bertz CT molecular complexity index is 365. The molecule has 0 saturated carbocycles. The molecule has 1 rings (SSSR count). The van der Waals surface area contributed by atoms with Crippen molar-refractivity contribution < 1.29 is 17.9 Å². The quantitative estimate of drug-likeness (QED) is 0.831. The van der Waals surface area contributed by atoms with Crippen LogP contribution in [0.5, 0.6) is 0 Å². The maximum Gasteiger partial charge on any atom is 0.408 e. The molecule has 1 atom stereocenters. The molecule has 1 aromatic heterocycles. The summed E-state index contributed by atoms with van der Waals surface area (Å²) in [6.45, 7) is 3.00. The third kappa shape index (κ3) is 5.08. The molecule has 7 heteroatoms. The molecule has 0 aliphatic rings. The second-order valence-electron chi connectivity index (χ2n) is 3.77. The van der Waals surface area contributed by atoms with Gasteiger partial charge >= 0.3 is 6.18 Å². The lowest BCUT2D eigenvalue weighted by Crippen LogP contribution is -2.18. The first-order valence-corrected chi connectivity index (χ1v) is 6.01. The molecule has 0 fully saturated rings. The lowest BCUT2D eigenvalue weighted by atomic mass is 10.3. The van der Waals surface area contributed by atoms with Crippen LogP contribution in [0.2, 0.25) is 0 Å². The monoisotopic (exact) mass is 314 g/mol. The number of aromatic nitrogens is 2. The van der Waals surface area contributed by atoms with Crippen LogP contribution >= 0.6 is 15.9 Å². The summed E-state index contributed by atoms with van der Waals surface area (Å²) < 4.78 is 43.2. The Balaban J connectivity index is 2.62. The van der Waals surface area contributed by atoms with E-state index in [1.54, 1.807) is 0 Å². The van der Waals surface area contributed by atoms with Crippen LogP contribution in [0, 0.1) is 0 Å². The number of halogens is 4. The van der Waals surface area contributed by atoms with Gasteiger partial charge in [-0.15, -0.1) is 0 Å². The van der Waals surface area contributed by atoms with Crippen molar-refractivity contribution in [1.29, 1.82) is 0 Å². The van der Waals surface area contributed by atoms with E-state index in [0.717, 1.165) is 11.1 Å². The Hall–Kier alpha value is -0.560. The molecule has 0 N–H and O–H groups in total. The molecule has 1 heterocycles. The van der Waals surface area contributed by atoms with Gasteiger partial charge in [0.2, 0.25) is 0 Å². The first kappa shape index (κ1) is 14.5. The molecular weight excluding hydrogens is 301 g/mol. The molecule has 1 unspecified atom stereocenters. The van der Waals surface area contributed by atoms with E-state index >= 15 is 0 Å². The third-order valence-corrected chi connectivity index (χ3v) is 2.87. The zero-order valence-electron chi connectivity index (χ0n) is 9.59. The molecule has 0 amide bonds. The van der Waals surface area contributed by atoms with Gasteiger partial charge in [0.15, 0.2) is 0 Å². The molecule has 98 valence electrons. The first-order valence-electron chi connectivity index (χ1n) is 5.22. The van der Waals surface area contributed by atoms with Crippen molar-refractivity contribution in [3.8, 4) is 0 Å². The summed E-state index contributed by atoms with van der Waals surface area (Å²) in [6, 6.07) is 0. The van der Waals surface area contributed by atoms with Gasteiger partial charge in [-0.25, -0.2) is 0 Å². The Morgan fingerprint density at radius 2 is 2.18 bits per heavy atom. The van der Waals surface area contributed by atoms with Gasteiger partial charge in [0.05, 0.1) is 17.2 Å². The van der Waals surface area contributed by atoms with Gasteiger partial charge < -0.3 is 4.74 Å². The molecule has 0 aromatic carbocycles. The summed E-state index contributed by atoms with van der Waals surface area (Å²) in [7, 11) is 0. The van der Waals surface area contributed by atoms with Crippen molar-refractivity contribution >= 4 is 15.9 Å². The largest absolute Gasteiger partial charge is 0.408 e. The molecule has 0 aliphatic heterocycles. The van der Waals surface area contributed by atoms with E-state index in [-0.39, 0.29) is 12.7 Å². The van der Waals surface area contributed by atoms with E-state index in [2.05, 4.69) is 21.0 Å². The van der Waals surface area contributed by atoms with Gasteiger partial charge in [0.25, 0.3) is 0 Å². The molecular formula is C10H14BrF3N2O. The molecule has 1 aromatic rings. The Morgan fingerprint density at radius 1 is 1.53 bits per heavy atom. The van der Waals surface area contributed by atoms with Gasteiger partial charge in [-0.3, -0.25) is 4.68 Å². The zero-order chi connectivity index (χ0) is 13.1. The van der Waals surface area contributed by atoms with Gasteiger partial charge in [0, 0.05) is 6.20 Å². The summed E-state index contributed by atoms with van der Waals surface area (Å²) in [5, 5.41) is 3.83. The average molecular weight is 315 g/mol. The molecule has 0 aliphatic carbocycles. The highest BCUT2D eigenvalue weighted by Gasteiger charge is 2.28. The van der Waals surface area contributed by atoms with E-state index in [9.17, 15) is 13.2 Å². The lowest BCUT2D eigenvalue weighted by molar-refractivity contribution is -0.142. The van der Waals surface area contributed by atoms with Crippen LogP contribution in [0.25, 0.3) is 0 Å². The minimum absolute atomic E-state index is 0.0645. The lowest BCUT2D eigenvalue weighted by Gasteiger charge is -2.09. The number of alkyl halides is 3. The maximum atomic E-state index is 12.1. The second-order valence-corrected chi connectivity index (χ2v) is 4.62. The second kappa shape index (κ2) is 5.86. The van der Waals surface area contributed by atoms with Crippen LogP contribution < -0.4 is 0 Å². The third-order valence-electron chi connectivity index (χ3n) is 2.21. The van der Waals surface area contributed by atoms with Crippen molar-refractivity contribution in [3.63, 3.8) is 0 Å². The molecule has 0 spiro atoms. The zero-order valence-corrected chi connectivity index (χ0v) is 11.2. The van der Waals surface area contributed by atoms with Crippen LogP contribution in [-0.4, -0.2) is 22.1 Å². The maximum absolute atomic E-state index is 12.1. The smallest absolute Gasteiger partial charge is 0.372 e. The van der Waals surface area contributed by atoms with Gasteiger partial charge in [-0.1, -0.05) is 6.92 Å². The highest BCUT2D eigenvalue weighted by molar-refractivity contribution is 9.10. The Kier molecular flexibility index (Phi) is 5.00. The normalized spacial score (nSPS) is 14.0.